The first kappa shape index (κ1) is 17.0. The zero-order valence-corrected chi connectivity index (χ0v) is 15.7. The number of hydrogen-bond donors (Lipinski definition) is 2. The average molecular weight is 352 g/mol. The van der Waals surface area contributed by atoms with Gasteiger partial charge in [0, 0.05) is 38.2 Å². The Balaban J connectivity index is 0.00000210. The minimum Gasteiger partial charge on any atom is -0.353 e. The van der Waals surface area contributed by atoms with Gasteiger partial charge in [-0.1, -0.05) is 19.9 Å². The lowest BCUT2D eigenvalue weighted by atomic mass is 9.88. The fourth-order valence-corrected chi connectivity index (χ4v) is 4.07. The van der Waals surface area contributed by atoms with Crippen LogP contribution in [0.3, 0.4) is 0 Å². The average Bonchev–Trinajstić information content (AvgIpc) is 3.05. The van der Waals surface area contributed by atoms with E-state index in [-0.39, 0.29) is 6.97 Å². The molecule has 1 atom stereocenters. The van der Waals surface area contributed by atoms with Gasteiger partial charge in [0.15, 0.2) is 5.65 Å². The number of H-pyrrole nitrogens is 1. The first-order valence-corrected chi connectivity index (χ1v) is 9.31. The van der Waals surface area contributed by atoms with E-state index in [1.54, 1.807) is 6.20 Å². The second kappa shape index (κ2) is 6.68. The maximum Gasteiger partial charge on any atom is 0.181 e. The summed E-state index contributed by atoms with van der Waals surface area (Å²) in [7, 11) is 0. The second-order valence-electron chi connectivity index (χ2n) is 7.86. The van der Waals surface area contributed by atoms with E-state index < -0.39 is 0 Å². The van der Waals surface area contributed by atoms with Crippen molar-refractivity contribution < 1.29 is 1.43 Å². The standard InChI is InChI=1S/C20H26N6.H2/c1-14(2)12-20(3)13-26(11-10-22-20)17-8-4-7-16(23-17)18-15-6-5-9-21-19(15)25-24-18;/h4-9,14,22H,10-13H2,1-3H3,(H,21,24,25);1H. The lowest BCUT2D eigenvalue weighted by Gasteiger charge is -2.43. The van der Waals surface area contributed by atoms with Crippen LogP contribution in [0.5, 0.6) is 0 Å². The zero-order chi connectivity index (χ0) is 18.1. The molecule has 0 radical (unpaired) electrons. The van der Waals surface area contributed by atoms with Crippen LogP contribution in [0.2, 0.25) is 0 Å². The van der Waals surface area contributed by atoms with Crippen LogP contribution in [0.1, 0.15) is 28.6 Å². The van der Waals surface area contributed by atoms with Crippen molar-refractivity contribution in [2.24, 2.45) is 5.92 Å². The maximum atomic E-state index is 4.93. The van der Waals surface area contributed by atoms with Crippen molar-refractivity contribution in [2.45, 2.75) is 32.7 Å². The molecule has 26 heavy (non-hydrogen) atoms. The summed E-state index contributed by atoms with van der Waals surface area (Å²) >= 11 is 0. The molecule has 2 N–H and O–H groups in total. The molecule has 1 unspecified atom stereocenters. The van der Waals surface area contributed by atoms with Crippen LogP contribution in [0.4, 0.5) is 5.82 Å². The fraction of sp³-hybridized carbons (Fsp3) is 0.450. The van der Waals surface area contributed by atoms with E-state index in [1.807, 2.05) is 18.2 Å². The first-order chi connectivity index (χ1) is 12.5. The summed E-state index contributed by atoms with van der Waals surface area (Å²) in [6.07, 6.45) is 2.91. The van der Waals surface area contributed by atoms with Gasteiger partial charge in [-0.05, 0) is 43.5 Å². The molecule has 0 bridgehead atoms. The summed E-state index contributed by atoms with van der Waals surface area (Å²) in [5, 5.41) is 12.1. The Labute approximate surface area is 155 Å². The van der Waals surface area contributed by atoms with Gasteiger partial charge in [-0.25, -0.2) is 9.97 Å². The van der Waals surface area contributed by atoms with Crippen LogP contribution in [-0.2, 0) is 0 Å². The minimum absolute atomic E-state index is 0. The number of rotatable bonds is 4. The molecule has 138 valence electrons. The predicted molar refractivity (Wildman–Crippen MR) is 107 cm³/mol. The van der Waals surface area contributed by atoms with Crippen LogP contribution >= 0.6 is 0 Å². The van der Waals surface area contributed by atoms with Gasteiger partial charge in [0.25, 0.3) is 0 Å². The molecule has 0 aliphatic carbocycles. The Morgan fingerprint density at radius 3 is 3.00 bits per heavy atom. The largest absolute Gasteiger partial charge is 0.353 e. The van der Waals surface area contributed by atoms with Crippen molar-refractivity contribution in [3.63, 3.8) is 0 Å². The van der Waals surface area contributed by atoms with Crippen LogP contribution in [-0.4, -0.2) is 45.3 Å². The van der Waals surface area contributed by atoms with E-state index in [0.717, 1.165) is 54.3 Å². The molecule has 0 amide bonds. The molecule has 1 aliphatic heterocycles. The second-order valence-corrected chi connectivity index (χ2v) is 7.86. The summed E-state index contributed by atoms with van der Waals surface area (Å²) < 4.78 is 0. The Bertz CT molecular complexity index is 908. The number of aromatic nitrogens is 4. The monoisotopic (exact) mass is 352 g/mol. The summed E-state index contributed by atoms with van der Waals surface area (Å²) in [6, 6.07) is 10.2. The van der Waals surface area contributed by atoms with Gasteiger partial charge in [0.1, 0.15) is 5.82 Å². The van der Waals surface area contributed by atoms with E-state index in [2.05, 4.69) is 58.3 Å². The van der Waals surface area contributed by atoms with Gasteiger partial charge in [-0.3, -0.25) is 5.10 Å². The molecule has 0 saturated carbocycles. The Kier molecular flexibility index (Phi) is 4.36. The number of hydrogen-bond acceptors (Lipinski definition) is 5. The number of fused-ring (bicyclic) bond motifs is 1. The van der Waals surface area contributed by atoms with E-state index in [0.29, 0.717) is 5.92 Å². The molecule has 1 saturated heterocycles. The van der Waals surface area contributed by atoms with Gasteiger partial charge < -0.3 is 10.2 Å². The van der Waals surface area contributed by atoms with Gasteiger partial charge in [-0.15, -0.1) is 0 Å². The van der Waals surface area contributed by atoms with Crippen LogP contribution < -0.4 is 10.2 Å². The predicted octanol–water partition coefficient (Wildman–Crippen LogP) is 3.48. The highest BCUT2D eigenvalue weighted by molar-refractivity contribution is 5.89. The number of nitrogens with zero attached hydrogens (tertiary/aromatic N) is 4. The number of piperazine rings is 1. The third kappa shape index (κ3) is 3.29. The summed E-state index contributed by atoms with van der Waals surface area (Å²) in [5.41, 5.74) is 2.67. The van der Waals surface area contributed by atoms with Crippen LogP contribution in [0.25, 0.3) is 22.4 Å². The van der Waals surface area contributed by atoms with Gasteiger partial charge in [-0.2, -0.15) is 5.10 Å². The summed E-state index contributed by atoms with van der Waals surface area (Å²) in [6.45, 7) is 9.79. The van der Waals surface area contributed by atoms with Crippen molar-refractivity contribution in [2.75, 3.05) is 24.5 Å². The van der Waals surface area contributed by atoms with E-state index in [1.165, 1.54) is 0 Å². The molecular formula is C20H28N6. The lowest BCUT2D eigenvalue weighted by molar-refractivity contribution is 0.270. The van der Waals surface area contributed by atoms with Gasteiger partial charge in [0.05, 0.1) is 11.4 Å². The highest BCUT2D eigenvalue weighted by atomic mass is 15.3. The zero-order valence-electron chi connectivity index (χ0n) is 15.7. The van der Waals surface area contributed by atoms with Crippen molar-refractivity contribution >= 4 is 16.9 Å². The van der Waals surface area contributed by atoms with Crippen molar-refractivity contribution in [3.8, 4) is 11.4 Å². The van der Waals surface area contributed by atoms with E-state index in [4.69, 9.17) is 4.98 Å². The lowest BCUT2D eigenvalue weighted by Crippen LogP contribution is -2.59. The molecule has 6 heteroatoms. The quantitative estimate of drug-likeness (QED) is 0.752. The van der Waals surface area contributed by atoms with E-state index in [9.17, 15) is 0 Å². The van der Waals surface area contributed by atoms with Crippen LogP contribution in [0.15, 0.2) is 36.5 Å². The summed E-state index contributed by atoms with van der Waals surface area (Å²) in [5.74, 6) is 1.68. The fourth-order valence-electron chi connectivity index (χ4n) is 4.07. The van der Waals surface area contributed by atoms with Crippen molar-refractivity contribution in [1.82, 2.24) is 25.5 Å². The van der Waals surface area contributed by atoms with Gasteiger partial charge in [0.2, 0.25) is 0 Å². The molecular weight excluding hydrogens is 324 g/mol. The van der Waals surface area contributed by atoms with Crippen molar-refractivity contribution in [1.29, 1.82) is 0 Å². The molecule has 1 aliphatic rings. The van der Waals surface area contributed by atoms with Crippen molar-refractivity contribution in [3.05, 3.63) is 36.5 Å². The molecule has 3 aromatic rings. The molecule has 6 nitrogen and oxygen atoms in total. The van der Waals surface area contributed by atoms with E-state index >= 15 is 0 Å². The Hall–Kier alpha value is -2.47. The normalized spacial score (nSPS) is 20.8. The molecule has 4 heterocycles. The topological polar surface area (TPSA) is 69.7 Å². The highest BCUT2D eigenvalue weighted by Gasteiger charge is 2.31. The van der Waals surface area contributed by atoms with Gasteiger partial charge >= 0.3 is 0 Å². The first-order valence-electron chi connectivity index (χ1n) is 9.31. The number of nitrogens with one attached hydrogen (secondary N) is 2. The number of aromatic amines is 1. The molecule has 1 fully saturated rings. The Morgan fingerprint density at radius 2 is 2.15 bits per heavy atom. The molecule has 4 rings (SSSR count). The maximum absolute atomic E-state index is 4.93. The third-order valence-corrected chi connectivity index (χ3v) is 4.98. The number of anilines is 1. The smallest absolute Gasteiger partial charge is 0.181 e. The SMILES string of the molecule is CC(C)CC1(C)CN(c2cccc(-c3[nH]nc4ncccc34)n2)CCN1.[HH]. The number of pyridine rings is 2. The molecule has 3 aromatic heterocycles. The molecule has 0 aromatic carbocycles. The summed E-state index contributed by atoms with van der Waals surface area (Å²) in [4.78, 5) is 11.6. The minimum atomic E-state index is 0. The molecule has 0 spiro atoms. The highest BCUT2D eigenvalue weighted by Crippen LogP contribution is 2.27. The third-order valence-electron chi connectivity index (χ3n) is 4.98. The van der Waals surface area contributed by atoms with Crippen LogP contribution in [0, 0.1) is 5.92 Å². The Morgan fingerprint density at radius 1 is 1.27 bits per heavy atom.